The van der Waals surface area contributed by atoms with Crippen LogP contribution in [0.15, 0.2) is 24.5 Å². The molecule has 0 aliphatic heterocycles. The smallest absolute Gasteiger partial charge is 0.225 e. The number of aromatic nitrogens is 4. The SMILES string of the molecule is COc1ccc2[nH]c3c(c2n1)CC(N(C)c1ncc(Cl)cn1)CC3. The van der Waals surface area contributed by atoms with E-state index in [-0.39, 0.29) is 0 Å². The molecule has 124 valence electrons. The molecule has 0 bridgehead atoms. The molecule has 0 fully saturated rings. The monoisotopic (exact) mass is 343 g/mol. The van der Waals surface area contributed by atoms with E-state index in [0.717, 1.165) is 30.3 Å². The number of anilines is 1. The molecule has 1 aliphatic carbocycles. The molecule has 3 aromatic rings. The van der Waals surface area contributed by atoms with Crippen molar-refractivity contribution in [2.24, 2.45) is 0 Å². The highest BCUT2D eigenvalue weighted by molar-refractivity contribution is 6.30. The van der Waals surface area contributed by atoms with Crippen LogP contribution in [0.3, 0.4) is 0 Å². The third kappa shape index (κ3) is 2.57. The molecule has 3 aromatic heterocycles. The Morgan fingerprint density at radius 3 is 2.83 bits per heavy atom. The van der Waals surface area contributed by atoms with E-state index in [4.69, 9.17) is 16.3 Å². The molecule has 0 amide bonds. The van der Waals surface area contributed by atoms with Crippen LogP contribution in [-0.4, -0.2) is 40.1 Å². The molecular formula is C17H18ClN5O. The Morgan fingerprint density at radius 2 is 2.08 bits per heavy atom. The molecule has 6 nitrogen and oxygen atoms in total. The number of hydrogen-bond acceptors (Lipinski definition) is 5. The van der Waals surface area contributed by atoms with Gasteiger partial charge in [-0.05, 0) is 25.3 Å². The van der Waals surface area contributed by atoms with Gasteiger partial charge in [0.15, 0.2) is 0 Å². The molecule has 3 heterocycles. The van der Waals surface area contributed by atoms with Crippen molar-refractivity contribution in [3.8, 4) is 5.88 Å². The van der Waals surface area contributed by atoms with Gasteiger partial charge in [-0.3, -0.25) is 0 Å². The molecule has 24 heavy (non-hydrogen) atoms. The molecule has 7 heteroatoms. The highest BCUT2D eigenvalue weighted by Gasteiger charge is 2.27. The van der Waals surface area contributed by atoms with Gasteiger partial charge in [-0.25, -0.2) is 15.0 Å². The van der Waals surface area contributed by atoms with Gasteiger partial charge in [0.2, 0.25) is 11.8 Å². The van der Waals surface area contributed by atoms with E-state index in [2.05, 4.69) is 24.8 Å². The van der Waals surface area contributed by atoms with Gasteiger partial charge in [-0.1, -0.05) is 11.6 Å². The maximum atomic E-state index is 5.88. The summed E-state index contributed by atoms with van der Waals surface area (Å²) in [6, 6.07) is 4.24. The maximum Gasteiger partial charge on any atom is 0.225 e. The minimum absolute atomic E-state index is 0.325. The Hall–Kier alpha value is -2.34. The van der Waals surface area contributed by atoms with Crippen LogP contribution in [0.4, 0.5) is 5.95 Å². The number of nitrogens with zero attached hydrogens (tertiary/aromatic N) is 4. The van der Waals surface area contributed by atoms with Crippen LogP contribution in [0.2, 0.25) is 5.02 Å². The van der Waals surface area contributed by atoms with Crippen molar-refractivity contribution < 1.29 is 4.74 Å². The number of nitrogens with one attached hydrogen (secondary N) is 1. The second-order valence-corrected chi connectivity index (χ2v) is 6.48. The Balaban J connectivity index is 1.66. The van der Waals surface area contributed by atoms with Crippen LogP contribution in [0.1, 0.15) is 17.7 Å². The standard InChI is InChI=1S/C17H18ClN5O/c1-23(17-19-8-10(18)9-20-17)11-3-4-13-12(7-11)16-14(21-13)5-6-15(22-16)24-2/h5-6,8-9,11,21H,3-4,7H2,1-2H3. The van der Waals surface area contributed by atoms with Crippen molar-refractivity contribution in [2.45, 2.75) is 25.3 Å². The van der Waals surface area contributed by atoms with E-state index in [9.17, 15) is 0 Å². The van der Waals surface area contributed by atoms with Crippen LogP contribution < -0.4 is 9.64 Å². The number of methoxy groups -OCH3 is 1. The molecule has 0 saturated heterocycles. The highest BCUT2D eigenvalue weighted by Crippen LogP contribution is 2.31. The molecule has 0 aromatic carbocycles. The Labute approximate surface area is 144 Å². The van der Waals surface area contributed by atoms with Gasteiger partial charge >= 0.3 is 0 Å². The third-order valence-electron chi connectivity index (χ3n) is 4.65. The van der Waals surface area contributed by atoms with E-state index in [1.165, 1.54) is 11.3 Å². The predicted molar refractivity (Wildman–Crippen MR) is 93.9 cm³/mol. The zero-order valence-electron chi connectivity index (χ0n) is 13.6. The number of fused-ring (bicyclic) bond motifs is 3. The fourth-order valence-electron chi connectivity index (χ4n) is 3.33. The number of likely N-dealkylation sites (N-methyl/N-ethyl adjacent to an activating group) is 1. The summed E-state index contributed by atoms with van der Waals surface area (Å²) in [7, 11) is 3.67. The minimum Gasteiger partial charge on any atom is -0.481 e. The topological polar surface area (TPSA) is 66.9 Å². The van der Waals surface area contributed by atoms with E-state index in [1.54, 1.807) is 19.5 Å². The van der Waals surface area contributed by atoms with Crippen molar-refractivity contribution in [3.63, 3.8) is 0 Å². The van der Waals surface area contributed by atoms with Crippen LogP contribution in [-0.2, 0) is 12.8 Å². The van der Waals surface area contributed by atoms with Gasteiger partial charge in [0.1, 0.15) is 0 Å². The lowest BCUT2D eigenvalue weighted by Gasteiger charge is -2.31. The van der Waals surface area contributed by atoms with Gasteiger partial charge in [-0.15, -0.1) is 0 Å². The van der Waals surface area contributed by atoms with Crippen molar-refractivity contribution >= 4 is 28.6 Å². The summed E-state index contributed by atoms with van der Waals surface area (Å²) in [4.78, 5) is 18.9. The van der Waals surface area contributed by atoms with Crippen LogP contribution >= 0.6 is 11.6 Å². The summed E-state index contributed by atoms with van der Waals surface area (Å²) < 4.78 is 5.27. The molecule has 1 N–H and O–H groups in total. The van der Waals surface area contributed by atoms with E-state index >= 15 is 0 Å². The summed E-state index contributed by atoms with van der Waals surface area (Å²) in [5.74, 6) is 1.33. The van der Waals surface area contributed by atoms with Crippen molar-refractivity contribution in [2.75, 3.05) is 19.1 Å². The van der Waals surface area contributed by atoms with Crippen molar-refractivity contribution in [1.82, 2.24) is 19.9 Å². The molecule has 1 atom stereocenters. The number of rotatable bonds is 3. The molecule has 1 aliphatic rings. The van der Waals surface area contributed by atoms with Crippen LogP contribution in [0, 0.1) is 0 Å². The van der Waals surface area contributed by atoms with Crippen molar-refractivity contribution in [3.05, 3.63) is 40.8 Å². The average molecular weight is 344 g/mol. The Morgan fingerprint density at radius 1 is 1.29 bits per heavy atom. The first-order chi connectivity index (χ1) is 11.7. The third-order valence-corrected chi connectivity index (χ3v) is 4.85. The highest BCUT2D eigenvalue weighted by atomic mass is 35.5. The molecule has 0 radical (unpaired) electrons. The number of ether oxygens (including phenoxy) is 1. The first kappa shape index (κ1) is 15.2. The van der Waals surface area contributed by atoms with E-state index < -0.39 is 0 Å². The summed E-state index contributed by atoms with van der Waals surface area (Å²) in [6.07, 6.45) is 6.19. The van der Waals surface area contributed by atoms with Gasteiger partial charge in [-0.2, -0.15) is 0 Å². The number of aryl methyl sites for hydroxylation is 1. The number of H-pyrrole nitrogens is 1. The lowest BCUT2D eigenvalue weighted by Crippen LogP contribution is -2.37. The quantitative estimate of drug-likeness (QED) is 0.791. The first-order valence-electron chi connectivity index (χ1n) is 7.90. The first-order valence-corrected chi connectivity index (χ1v) is 8.28. The lowest BCUT2D eigenvalue weighted by molar-refractivity contribution is 0.399. The summed E-state index contributed by atoms with van der Waals surface area (Å²) in [5.41, 5.74) is 4.60. The van der Waals surface area contributed by atoms with Crippen LogP contribution in [0.25, 0.3) is 11.0 Å². The van der Waals surface area contributed by atoms with Gasteiger partial charge < -0.3 is 14.6 Å². The fourth-order valence-corrected chi connectivity index (χ4v) is 3.43. The summed E-state index contributed by atoms with van der Waals surface area (Å²) in [5, 5.41) is 0.547. The molecule has 0 spiro atoms. The second kappa shape index (κ2) is 5.94. The van der Waals surface area contributed by atoms with Gasteiger partial charge in [0.05, 0.1) is 35.6 Å². The van der Waals surface area contributed by atoms with E-state index in [0.29, 0.717) is 22.9 Å². The predicted octanol–water partition coefficient (Wildman–Crippen LogP) is 3.01. The molecule has 0 saturated carbocycles. The molecule has 1 unspecified atom stereocenters. The summed E-state index contributed by atoms with van der Waals surface area (Å²) >= 11 is 5.88. The second-order valence-electron chi connectivity index (χ2n) is 6.04. The Kier molecular flexibility index (Phi) is 3.76. The number of pyridine rings is 1. The average Bonchev–Trinajstić information content (AvgIpc) is 2.98. The normalized spacial score (nSPS) is 16.9. The zero-order chi connectivity index (χ0) is 16.7. The van der Waals surface area contributed by atoms with Gasteiger partial charge in [0, 0.05) is 30.4 Å². The minimum atomic E-state index is 0.325. The molecular weight excluding hydrogens is 326 g/mol. The Bertz CT molecular complexity index is 877. The number of hydrogen-bond donors (Lipinski definition) is 1. The summed E-state index contributed by atoms with van der Waals surface area (Å²) in [6.45, 7) is 0. The lowest BCUT2D eigenvalue weighted by atomic mass is 9.92. The number of aromatic amines is 1. The van der Waals surface area contributed by atoms with Crippen LogP contribution in [0.5, 0.6) is 5.88 Å². The van der Waals surface area contributed by atoms with Crippen molar-refractivity contribution in [1.29, 1.82) is 0 Å². The largest absolute Gasteiger partial charge is 0.481 e. The number of halogens is 1. The molecule has 4 rings (SSSR count). The van der Waals surface area contributed by atoms with E-state index in [1.807, 2.05) is 19.2 Å². The maximum absolute atomic E-state index is 5.88. The van der Waals surface area contributed by atoms with Gasteiger partial charge in [0.25, 0.3) is 0 Å². The zero-order valence-corrected chi connectivity index (χ0v) is 14.3. The fraction of sp³-hybridized carbons (Fsp3) is 0.353.